The molecule has 156 valence electrons. The Hall–Kier alpha value is -2.76. The van der Waals surface area contributed by atoms with E-state index < -0.39 is 5.97 Å². The highest BCUT2D eigenvalue weighted by atomic mass is 35.5. The molecule has 0 N–H and O–H groups in total. The van der Waals surface area contributed by atoms with Crippen LogP contribution >= 0.6 is 23.2 Å². The first kappa shape index (κ1) is 21.9. The van der Waals surface area contributed by atoms with Gasteiger partial charge in [0.25, 0.3) is 5.56 Å². The molecule has 1 heterocycles. The van der Waals surface area contributed by atoms with Crippen molar-refractivity contribution in [3.63, 3.8) is 0 Å². The second-order valence-corrected chi connectivity index (χ2v) is 7.60. The Morgan fingerprint density at radius 3 is 2.43 bits per heavy atom. The topological polar surface area (TPSA) is 57.5 Å². The van der Waals surface area contributed by atoms with Crippen LogP contribution in [0.3, 0.4) is 0 Å². The summed E-state index contributed by atoms with van der Waals surface area (Å²) in [5, 5.41) is 0.425. The van der Waals surface area contributed by atoms with Crippen LogP contribution in [0.2, 0.25) is 10.0 Å². The van der Waals surface area contributed by atoms with Crippen molar-refractivity contribution in [3.05, 3.63) is 97.4 Å². The third-order valence-corrected chi connectivity index (χ3v) is 5.27. The summed E-state index contributed by atoms with van der Waals surface area (Å²) in [6.07, 6.45) is 0.551. The lowest BCUT2D eigenvalue weighted by Crippen LogP contribution is -2.26. The molecular formula is C23H21Cl2NO4. The van der Waals surface area contributed by atoms with Gasteiger partial charge in [-0.05, 0) is 54.8 Å². The van der Waals surface area contributed by atoms with E-state index in [1.54, 1.807) is 12.1 Å². The largest absolute Gasteiger partial charge is 0.487 e. The number of hydrogen-bond donors (Lipinski definition) is 0. The lowest BCUT2D eigenvalue weighted by atomic mass is 10.1. The monoisotopic (exact) mass is 445 g/mol. The van der Waals surface area contributed by atoms with E-state index in [4.69, 9.17) is 32.7 Å². The van der Waals surface area contributed by atoms with Gasteiger partial charge < -0.3 is 14.0 Å². The molecule has 0 aliphatic heterocycles. The standard InChI is InChI=1S/C23H21Cl2NO4/c1-15-4-3-5-18(12-15)30-14-21-19(24)13-20(25)22(27)26(21)11-10-16-6-8-17(9-7-16)23(28)29-2/h3-9,12-13H,10-11,14H2,1-2H3. The van der Waals surface area contributed by atoms with Crippen molar-refractivity contribution in [2.75, 3.05) is 7.11 Å². The number of aryl methyl sites for hydroxylation is 2. The van der Waals surface area contributed by atoms with Crippen molar-refractivity contribution in [1.82, 2.24) is 4.57 Å². The van der Waals surface area contributed by atoms with Crippen molar-refractivity contribution in [2.45, 2.75) is 26.5 Å². The third-order valence-electron chi connectivity index (χ3n) is 4.67. The van der Waals surface area contributed by atoms with Crippen molar-refractivity contribution >= 4 is 29.2 Å². The van der Waals surface area contributed by atoms with Gasteiger partial charge in [-0.2, -0.15) is 0 Å². The van der Waals surface area contributed by atoms with Gasteiger partial charge in [0.2, 0.25) is 0 Å². The lowest BCUT2D eigenvalue weighted by molar-refractivity contribution is 0.0600. The third kappa shape index (κ3) is 5.23. The zero-order valence-corrected chi connectivity index (χ0v) is 18.2. The maximum Gasteiger partial charge on any atom is 0.337 e. The number of aromatic nitrogens is 1. The zero-order chi connectivity index (χ0) is 21.7. The number of esters is 1. The van der Waals surface area contributed by atoms with Gasteiger partial charge in [0, 0.05) is 6.54 Å². The molecule has 30 heavy (non-hydrogen) atoms. The molecule has 5 nitrogen and oxygen atoms in total. The Labute approximate surface area is 184 Å². The van der Waals surface area contributed by atoms with Gasteiger partial charge in [-0.3, -0.25) is 4.79 Å². The molecule has 0 unspecified atom stereocenters. The SMILES string of the molecule is COC(=O)c1ccc(CCn2c(COc3cccc(C)c3)c(Cl)cc(Cl)c2=O)cc1. The molecule has 0 aliphatic carbocycles. The lowest BCUT2D eigenvalue weighted by Gasteiger charge is -2.16. The number of hydrogen-bond acceptors (Lipinski definition) is 4. The van der Waals surface area contributed by atoms with Crippen LogP contribution in [0.1, 0.15) is 27.2 Å². The molecule has 0 radical (unpaired) electrons. The van der Waals surface area contributed by atoms with Crippen molar-refractivity contribution in [3.8, 4) is 5.75 Å². The smallest absolute Gasteiger partial charge is 0.337 e. The van der Waals surface area contributed by atoms with Crippen LogP contribution < -0.4 is 10.3 Å². The number of benzene rings is 2. The van der Waals surface area contributed by atoms with Crippen LogP contribution in [0.15, 0.2) is 59.4 Å². The molecular weight excluding hydrogens is 425 g/mol. The molecule has 0 spiro atoms. The summed E-state index contributed by atoms with van der Waals surface area (Å²) in [5.74, 6) is 0.299. The fourth-order valence-corrected chi connectivity index (χ4v) is 3.58. The summed E-state index contributed by atoms with van der Waals surface area (Å²) in [5.41, 5.74) is 2.73. The van der Waals surface area contributed by atoms with Crippen LogP contribution in [0, 0.1) is 6.92 Å². The summed E-state index contributed by atoms with van der Waals surface area (Å²) in [7, 11) is 1.34. The first-order chi connectivity index (χ1) is 14.4. The van der Waals surface area contributed by atoms with E-state index in [1.165, 1.54) is 17.7 Å². The number of nitrogens with zero attached hydrogens (tertiary/aromatic N) is 1. The van der Waals surface area contributed by atoms with Crippen LogP contribution in [-0.4, -0.2) is 17.6 Å². The summed E-state index contributed by atoms with van der Waals surface area (Å²) in [4.78, 5) is 24.2. The van der Waals surface area contributed by atoms with Crippen LogP contribution in [0.25, 0.3) is 0 Å². The number of methoxy groups -OCH3 is 1. The van der Waals surface area contributed by atoms with Gasteiger partial charge >= 0.3 is 5.97 Å². The number of carbonyl (C=O) groups excluding carboxylic acids is 1. The molecule has 7 heteroatoms. The quantitative estimate of drug-likeness (QED) is 0.476. The normalized spacial score (nSPS) is 10.7. The van der Waals surface area contributed by atoms with Gasteiger partial charge in [-0.1, -0.05) is 47.5 Å². The predicted molar refractivity (Wildman–Crippen MR) is 118 cm³/mol. The first-order valence-electron chi connectivity index (χ1n) is 9.33. The molecule has 0 amide bonds. The minimum Gasteiger partial charge on any atom is -0.487 e. The van der Waals surface area contributed by atoms with Crippen LogP contribution in [0.5, 0.6) is 5.75 Å². The van der Waals surface area contributed by atoms with Gasteiger partial charge in [0.1, 0.15) is 17.4 Å². The minimum atomic E-state index is -0.394. The van der Waals surface area contributed by atoms with Crippen molar-refractivity contribution in [1.29, 1.82) is 0 Å². The van der Waals surface area contributed by atoms with Gasteiger partial charge in [-0.25, -0.2) is 4.79 Å². The maximum absolute atomic E-state index is 12.7. The van der Waals surface area contributed by atoms with E-state index in [9.17, 15) is 9.59 Å². The van der Waals surface area contributed by atoms with E-state index in [2.05, 4.69) is 0 Å². The average molecular weight is 446 g/mol. The molecule has 0 saturated heterocycles. The highest BCUT2D eigenvalue weighted by Gasteiger charge is 2.14. The van der Waals surface area contributed by atoms with Crippen LogP contribution in [0.4, 0.5) is 0 Å². The molecule has 0 saturated carbocycles. The summed E-state index contributed by atoms with van der Waals surface area (Å²) >= 11 is 12.5. The Morgan fingerprint density at radius 1 is 1.03 bits per heavy atom. The minimum absolute atomic E-state index is 0.0559. The van der Waals surface area contributed by atoms with E-state index in [1.807, 2.05) is 43.3 Å². The summed E-state index contributed by atoms with van der Waals surface area (Å²) in [6.45, 7) is 2.47. The van der Waals surface area contributed by atoms with Crippen molar-refractivity contribution < 1.29 is 14.3 Å². The fourth-order valence-electron chi connectivity index (χ4n) is 3.04. The summed E-state index contributed by atoms with van der Waals surface area (Å²) < 4.78 is 12.1. The van der Waals surface area contributed by atoms with Crippen LogP contribution in [-0.2, 0) is 24.3 Å². The Kier molecular flexibility index (Phi) is 7.19. The molecule has 3 aromatic rings. The number of rotatable bonds is 7. The van der Waals surface area contributed by atoms with E-state index in [-0.39, 0.29) is 17.2 Å². The predicted octanol–water partition coefficient (Wildman–Crippen LogP) is 5.07. The molecule has 0 bridgehead atoms. The molecule has 2 aromatic carbocycles. The molecule has 3 rings (SSSR count). The van der Waals surface area contributed by atoms with E-state index in [0.29, 0.717) is 35.0 Å². The first-order valence-corrected chi connectivity index (χ1v) is 10.1. The number of halogens is 2. The van der Waals surface area contributed by atoms with Crippen molar-refractivity contribution in [2.24, 2.45) is 0 Å². The number of ether oxygens (including phenoxy) is 2. The maximum atomic E-state index is 12.7. The number of carbonyl (C=O) groups is 1. The van der Waals surface area contributed by atoms with E-state index in [0.717, 1.165) is 11.1 Å². The Balaban J connectivity index is 1.81. The molecule has 0 atom stereocenters. The molecule has 0 aliphatic rings. The second-order valence-electron chi connectivity index (χ2n) is 6.79. The van der Waals surface area contributed by atoms with Gasteiger partial charge in [-0.15, -0.1) is 0 Å². The zero-order valence-electron chi connectivity index (χ0n) is 16.7. The molecule has 0 fully saturated rings. The summed E-state index contributed by atoms with van der Waals surface area (Å²) in [6, 6.07) is 16.1. The highest BCUT2D eigenvalue weighted by Crippen LogP contribution is 2.22. The Bertz CT molecular complexity index is 1110. The van der Waals surface area contributed by atoms with E-state index >= 15 is 0 Å². The van der Waals surface area contributed by atoms with Gasteiger partial charge in [0.05, 0.1) is 23.4 Å². The second kappa shape index (κ2) is 9.83. The molecule has 1 aromatic heterocycles. The van der Waals surface area contributed by atoms with Gasteiger partial charge in [0.15, 0.2) is 0 Å². The number of pyridine rings is 1. The average Bonchev–Trinajstić information content (AvgIpc) is 2.74. The highest BCUT2D eigenvalue weighted by molar-refractivity contribution is 6.34. The Morgan fingerprint density at radius 2 is 1.77 bits per heavy atom. The fraction of sp³-hybridized carbons (Fsp3) is 0.217.